The lowest BCUT2D eigenvalue weighted by atomic mass is 10.0. The van der Waals surface area contributed by atoms with E-state index in [2.05, 4.69) is 5.32 Å². The van der Waals surface area contributed by atoms with E-state index >= 15 is 0 Å². The van der Waals surface area contributed by atoms with Gasteiger partial charge in [-0.2, -0.15) is 0 Å². The minimum atomic E-state index is -0.305. The zero-order valence-corrected chi connectivity index (χ0v) is 11.4. The third-order valence-electron chi connectivity index (χ3n) is 3.63. The lowest BCUT2D eigenvalue weighted by Gasteiger charge is -2.37. The third kappa shape index (κ3) is 2.60. The minimum Gasteiger partial charge on any atom is -0.352 e. The summed E-state index contributed by atoms with van der Waals surface area (Å²) in [6.07, 6.45) is 0. The van der Waals surface area contributed by atoms with Crippen LogP contribution >= 0.6 is 0 Å². The Morgan fingerprint density at radius 1 is 1.24 bits per heavy atom. The monoisotopic (exact) mass is 285 g/mol. The lowest BCUT2D eigenvalue weighted by Crippen LogP contribution is -2.43. The predicted octanol–water partition coefficient (Wildman–Crippen LogP) is 2.28. The Kier molecular flexibility index (Phi) is 3.58. The molecule has 0 saturated heterocycles. The van der Waals surface area contributed by atoms with Gasteiger partial charge in [-0.1, -0.05) is 24.3 Å². The summed E-state index contributed by atoms with van der Waals surface area (Å²) in [6, 6.07) is 13.6. The van der Waals surface area contributed by atoms with Crippen molar-refractivity contribution in [1.82, 2.24) is 0 Å². The second-order valence-corrected chi connectivity index (χ2v) is 5.00. The normalized spacial score (nSPS) is 15.3. The molecular formula is C16H16FN3O. The van der Waals surface area contributed by atoms with Gasteiger partial charge in [0.05, 0.1) is 24.0 Å². The van der Waals surface area contributed by atoms with Gasteiger partial charge < -0.3 is 16.0 Å². The van der Waals surface area contributed by atoms with Crippen molar-refractivity contribution in [2.45, 2.75) is 6.04 Å². The summed E-state index contributed by atoms with van der Waals surface area (Å²) in [5, 5.41) is 2.84. The maximum Gasteiger partial charge on any atom is 0.243 e. The van der Waals surface area contributed by atoms with E-state index in [0.29, 0.717) is 6.54 Å². The quantitative estimate of drug-likeness (QED) is 0.909. The number of nitrogens with zero attached hydrogens (tertiary/aromatic N) is 1. The molecular weight excluding hydrogens is 269 g/mol. The summed E-state index contributed by atoms with van der Waals surface area (Å²) < 4.78 is 13.5. The van der Waals surface area contributed by atoms with E-state index < -0.39 is 0 Å². The average molecular weight is 285 g/mol. The maximum absolute atomic E-state index is 13.5. The molecule has 2 aromatic carbocycles. The number of nitrogens with one attached hydrogen (secondary N) is 1. The zero-order chi connectivity index (χ0) is 14.8. The van der Waals surface area contributed by atoms with Crippen LogP contribution in [0.4, 0.5) is 15.8 Å². The van der Waals surface area contributed by atoms with Crippen molar-refractivity contribution in [3.05, 3.63) is 59.9 Å². The summed E-state index contributed by atoms with van der Waals surface area (Å²) in [5.41, 5.74) is 8.31. The van der Waals surface area contributed by atoms with Crippen molar-refractivity contribution in [3.8, 4) is 0 Å². The number of carbonyl (C=O) groups is 1. The maximum atomic E-state index is 13.5. The number of halogens is 1. The molecule has 1 aliphatic rings. The first-order valence-electron chi connectivity index (χ1n) is 6.80. The fraction of sp³-hybridized carbons (Fsp3) is 0.188. The van der Waals surface area contributed by atoms with E-state index in [-0.39, 0.29) is 24.3 Å². The van der Waals surface area contributed by atoms with Crippen LogP contribution in [0, 0.1) is 5.82 Å². The number of nitrogens with two attached hydrogens (primary N) is 1. The van der Waals surface area contributed by atoms with Crippen molar-refractivity contribution in [2.75, 3.05) is 23.3 Å². The van der Waals surface area contributed by atoms with Gasteiger partial charge in [-0.15, -0.1) is 0 Å². The van der Waals surface area contributed by atoms with E-state index in [1.165, 1.54) is 12.1 Å². The van der Waals surface area contributed by atoms with Crippen molar-refractivity contribution in [1.29, 1.82) is 0 Å². The van der Waals surface area contributed by atoms with E-state index in [9.17, 15) is 9.18 Å². The van der Waals surface area contributed by atoms with Crippen LogP contribution in [0.1, 0.15) is 11.6 Å². The fourth-order valence-corrected chi connectivity index (χ4v) is 2.69. The molecule has 0 saturated carbocycles. The molecule has 1 heterocycles. The molecule has 1 aliphatic heterocycles. The van der Waals surface area contributed by atoms with Gasteiger partial charge in [-0.3, -0.25) is 4.79 Å². The highest BCUT2D eigenvalue weighted by molar-refractivity contribution is 6.01. The first-order chi connectivity index (χ1) is 10.2. The lowest BCUT2D eigenvalue weighted by molar-refractivity contribution is -0.115. The van der Waals surface area contributed by atoms with E-state index in [1.54, 1.807) is 6.07 Å². The molecule has 4 nitrogen and oxygen atoms in total. The van der Waals surface area contributed by atoms with Gasteiger partial charge in [0.2, 0.25) is 5.91 Å². The molecule has 0 radical (unpaired) electrons. The van der Waals surface area contributed by atoms with Crippen LogP contribution in [0.3, 0.4) is 0 Å². The van der Waals surface area contributed by atoms with Crippen molar-refractivity contribution in [2.24, 2.45) is 5.73 Å². The topological polar surface area (TPSA) is 58.4 Å². The Morgan fingerprint density at radius 2 is 2.05 bits per heavy atom. The van der Waals surface area contributed by atoms with Gasteiger partial charge in [-0.25, -0.2) is 4.39 Å². The smallest absolute Gasteiger partial charge is 0.243 e. The van der Waals surface area contributed by atoms with E-state index in [4.69, 9.17) is 5.73 Å². The zero-order valence-electron chi connectivity index (χ0n) is 11.4. The molecule has 0 fully saturated rings. The number of hydrogen-bond donors (Lipinski definition) is 2. The van der Waals surface area contributed by atoms with Crippen LogP contribution in [-0.4, -0.2) is 19.0 Å². The van der Waals surface area contributed by atoms with Crippen molar-refractivity contribution >= 4 is 17.3 Å². The van der Waals surface area contributed by atoms with Gasteiger partial charge in [0.25, 0.3) is 0 Å². The van der Waals surface area contributed by atoms with Crippen LogP contribution in [0.5, 0.6) is 0 Å². The molecule has 0 aliphatic carbocycles. The van der Waals surface area contributed by atoms with Crippen molar-refractivity contribution < 1.29 is 9.18 Å². The Bertz CT molecular complexity index is 674. The summed E-state index contributed by atoms with van der Waals surface area (Å²) in [6.45, 7) is 0.500. The standard InChI is InChI=1S/C16H16FN3O/c17-12-5-3-4-11(8-12)15(9-18)20-10-16(21)19-13-6-1-2-7-14(13)20/h1-8,15H,9-10,18H2,(H,19,21). The summed E-state index contributed by atoms with van der Waals surface area (Å²) in [5.74, 6) is -0.399. The summed E-state index contributed by atoms with van der Waals surface area (Å²) in [7, 11) is 0. The third-order valence-corrected chi connectivity index (χ3v) is 3.63. The molecule has 0 aromatic heterocycles. The second-order valence-electron chi connectivity index (χ2n) is 5.00. The van der Waals surface area contributed by atoms with Crippen molar-refractivity contribution in [3.63, 3.8) is 0 Å². The molecule has 3 N–H and O–H groups in total. The second kappa shape index (κ2) is 5.54. The first kappa shape index (κ1) is 13.6. The Labute approximate surface area is 122 Å². The Morgan fingerprint density at radius 3 is 2.81 bits per heavy atom. The van der Waals surface area contributed by atoms with Gasteiger partial charge in [0, 0.05) is 6.54 Å². The number of para-hydroxylation sites is 2. The Hall–Kier alpha value is -2.40. The number of carbonyl (C=O) groups excluding carboxylic acids is 1. The number of hydrogen-bond acceptors (Lipinski definition) is 3. The van der Waals surface area contributed by atoms with Crippen LogP contribution in [0.25, 0.3) is 0 Å². The molecule has 21 heavy (non-hydrogen) atoms. The molecule has 1 amide bonds. The van der Waals surface area contributed by atoms with Crippen LogP contribution < -0.4 is 16.0 Å². The molecule has 1 atom stereocenters. The fourth-order valence-electron chi connectivity index (χ4n) is 2.69. The minimum absolute atomic E-state index is 0.0939. The van der Waals surface area contributed by atoms with Crippen LogP contribution in [0.15, 0.2) is 48.5 Å². The van der Waals surface area contributed by atoms with E-state index in [0.717, 1.165) is 16.9 Å². The number of fused-ring (bicyclic) bond motifs is 1. The molecule has 0 bridgehead atoms. The van der Waals surface area contributed by atoms with E-state index in [1.807, 2.05) is 35.2 Å². The molecule has 5 heteroatoms. The molecule has 108 valence electrons. The molecule has 1 unspecified atom stereocenters. The predicted molar refractivity (Wildman–Crippen MR) is 80.6 cm³/mol. The number of benzene rings is 2. The molecule has 2 aromatic rings. The van der Waals surface area contributed by atoms with Gasteiger partial charge in [-0.05, 0) is 29.8 Å². The molecule has 0 spiro atoms. The highest BCUT2D eigenvalue weighted by Gasteiger charge is 2.28. The largest absolute Gasteiger partial charge is 0.352 e. The number of rotatable bonds is 3. The SMILES string of the molecule is NCC(c1cccc(F)c1)N1CC(=O)Nc2ccccc21. The highest BCUT2D eigenvalue weighted by Crippen LogP contribution is 2.35. The summed E-state index contributed by atoms with van der Waals surface area (Å²) in [4.78, 5) is 13.8. The van der Waals surface area contributed by atoms with Gasteiger partial charge in [0.1, 0.15) is 5.82 Å². The average Bonchev–Trinajstić information content (AvgIpc) is 2.48. The highest BCUT2D eigenvalue weighted by atomic mass is 19.1. The molecule has 3 rings (SSSR count). The van der Waals surface area contributed by atoms with Gasteiger partial charge in [0.15, 0.2) is 0 Å². The number of amides is 1. The first-order valence-corrected chi connectivity index (χ1v) is 6.80. The van der Waals surface area contributed by atoms with Crippen LogP contribution in [0.2, 0.25) is 0 Å². The van der Waals surface area contributed by atoms with Gasteiger partial charge >= 0.3 is 0 Å². The number of anilines is 2. The summed E-state index contributed by atoms with van der Waals surface area (Å²) >= 11 is 0. The Balaban J connectivity index is 2.03. The van der Waals surface area contributed by atoms with Crippen LogP contribution in [-0.2, 0) is 4.79 Å².